The van der Waals surface area contributed by atoms with Gasteiger partial charge in [0.05, 0.1) is 0 Å². The molecule has 2 saturated carbocycles. The third-order valence-corrected chi connectivity index (χ3v) is 5.42. The molecule has 1 nitrogen and oxygen atoms in total. The molecule has 0 saturated heterocycles. The predicted octanol–water partition coefficient (Wildman–Crippen LogP) is 4.66. The van der Waals surface area contributed by atoms with Crippen molar-refractivity contribution in [2.45, 2.75) is 70.9 Å². The summed E-state index contributed by atoms with van der Waals surface area (Å²) in [5.41, 5.74) is 3.05. The largest absolute Gasteiger partial charge is 0.311 e. The normalized spacial score (nSPS) is 37.5. The Balaban J connectivity index is 1.50. The molecule has 3 rings (SSSR count). The molecular weight excluding hydrogens is 242 g/mol. The molecule has 2 aliphatic carbocycles. The molecule has 0 heterocycles. The molecule has 20 heavy (non-hydrogen) atoms. The van der Waals surface area contributed by atoms with Gasteiger partial charge < -0.3 is 5.32 Å². The number of rotatable bonds is 3. The molecule has 2 unspecified atom stereocenters. The van der Waals surface area contributed by atoms with E-state index in [1.165, 1.54) is 37.7 Å². The van der Waals surface area contributed by atoms with E-state index >= 15 is 0 Å². The lowest BCUT2D eigenvalue weighted by Crippen LogP contribution is -2.48. The van der Waals surface area contributed by atoms with E-state index in [4.69, 9.17) is 0 Å². The number of aryl methyl sites for hydroxylation is 1. The lowest BCUT2D eigenvalue weighted by Gasteiger charge is -2.42. The summed E-state index contributed by atoms with van der Waals surface area (Å²) >= 11 is 0. The van der Waals surface area contributed by atoms with Gasteiger partial charge in [0.1, 0.15) is 0 Å². The van der Waals surface area contributed by atoms with Gasteiger partial charge in [-0.1, -0.05) is 38.1 Å². The molecule has 1 N–H and O–H groups in total. The van der Waals surface area contributed by atoms with Crippen molar-refractivity contribution in [1.82, 2.24) is 5.32 Å². The SMILES string of the molecule is Cc1ccccc1C1CC(NC2CC(C)CC(C)C2)C1. The van der Waals surface area contributed by atoms with Gasteiger partial charge in [-0.05, 0) is 67.9 Å². The first kappa shape index (κ1) is 14.1. The second kappa shape index (κ2) is 5.89. The van der Waals surface area contributed by atoms with Crippen LogP contribution in [0.5, 0.6) is 0 Å². The summed E-state index contributed by atoms with van der Waals surface area (Å²) < 4.78 is 0. The average Bonchev–Trinajstić information content (AvgIpc) is 2.33. The number of hydrogen-bond acceptors (Lipinski definition) is 1. The Morgan fingerprint density at radius 1 is 0.850 bits per heavy atom. The van der Waals surface area contributed by atoms with E-state index in [0.29, 0.717) is 0 Å². The summed E-state index contributed by atoms with van der Waals surface area (Å²) in [6.07, 6.45) is 6.87. The van der Waals surface area contributed by atoms with Crippen LogP contribution in [-0.2, 0) is 0 Å². The molecule has 0 aromatic heterocycles. The lowest BCUT2D eigenvalue weighted by atomic mass is 9.73. The van der Waals surface area contributed by atoms with Gasteiger partial charge in [-0.25, -0.2) is 0 Å². The molecule has 2 aliphatic rings. The average molecular weight is 271 g/mol. The fraction of sp³-hybridized carbons (Fsp3) is 0.684. The highest BCUT2D eigenvalue weighted by atomic mass is 15.0. The van der Waals surface area contributed by atoms with Gasteiger partial charge in [-0.15, -0.1) is 0 Å². The van der Waals surface area contributed by atoms with Crippen LogP contribution in [0.15, 0.2) is 24.3 Å². The fourth-order valence-electron chi connectivity index (χ4n) is 4.47. The van der Waals surface area contributed by atoms with Crippen molar-refractivity contribution >= 4 is 0 Å². The zero-order valence-electron chi connectivity index (χ0n) is 13.2. The van der Waals surface area contributed by atoms with Crippen LogP contribution in [0.3, 0.4) is 0 Å². The molecule has 0 radical (unpaired) electrons. The van der Waals surface area contributed by atoms with Crippen LogP contribution in [0.4, 0.5) is 0 Å². The minimum Gasteiger partial charge on any atom is -0.311 e. The molecule has 1 heteroatoms. The Labute approximate surface area is 124 Å². The smallest absolute Gasteiger partial charge is 0.00813 e. The maximum absolute atomic E-state index is 3.94. The summed E-state index contributed by atoms with van der Waals surface area (Å²) in [6, 6.07) is 10.5. The quantitative estimate of drug-likeness (QED) is 0.843. The first-order valence-corrected chi connectivity index (χ1v) is 8.43. The van der Waals surface area contributed by atoms with Gasteiger partial charge in [0.15, 0.2) is 0 Å². The van der Waals surface area contributed by atoms with Crippen LogP contribution in [-0.4, -0.2) is 12.1 Å². The van der Waals surface area contributed by atoms with Crippen molar-refractivity contribution in [3.05, 3.63) is 35.4 Å². The molecular formula is C19H29N. The third-order valence-electron chi connectivity index (χ3n) is 5.42. The molecule has 1 aromatic rings. The Hall–Kier alpha value is -0.820. The second-order valence-corrected chi connectivity index (χ2v) is 7.50. The lowest BCUT2D eigenvalue weighted by molar-refractivity contribution is 0.188. The van der Waals surface area contributed by atoms with E-state index in [1.54, 1.807) is 5.56 Å². The summed E-state index contributed by atoms with van der Waals surface area (Å²) in [5, 5.41) is 3.94. The van der Waals surface area contributed by atoms with Crippen molar-refractivity contribution < 1.29 is 0 Å². The monoisotopic (exact) mass is 271 g/mol. The molecule has 2 fully saturated rings. The molecule has 0 amide bonds. The minimum absolute atomic E-state index is 0.766. The van der Waals surface area contributed by atoms with Crippen LogP contribution in [0.2, 0.25) is 0 Å². The molecule has 2 atom stereocenters. The number of benzene rings is 1. The zero-order chi connectivity index (χ0) is 14.1. The van der Waals surface area contributed by atoms with E-state index in [2.05, 4.69) is 50.4 Å². The maximum atomic E-state index is 3.94. The number of nitrogens with one attached hydrogen (secondary N) is 1. The van der Waals surface area contributed by atoms with E-state index in [1.807, 2.05) is 0 Å². The van der Waals surface area contributed by atoms with E-state index in [-0.39, 0.29) is 0 Å². The predicted molar refractivity (Wildman–Crippen MR) is 86.0 cm³/mol. The van der Waals surface area contributed by atoms with Gasteiger partial charge in [-0.2, -0.15) is 0 Å². The summed E-state index contributed by atoms with van der Waals surface area (Å²) in [4.78, 5) is 0. The van der Waals surface area contributed by atoms with Crippen molar-refractivity contribution in [2.24, 2.45) is 11.8 Å². The van der Waals surface area contributed by atoms with Gasteiger partial charge in [0, 0.05) is 12.1 Å². The molecule has 0 spiro atoms. The summed E-state index contributed by atoms with van der Waals surface area (Å²) in [5.74, 6) is 2.61. The Kier molecular flexibility index (Phi) is 4.16. The fourth-order valence-corrected chi connectivity index (χ4v) is 4.47. The van der Waals surface area contributed by atoms with Crippen LogP contribution >= 0.6 is 0 Å². The molecule has 0 aliphatic heterocycles. The molecule has 110 valence electrons. The van der Waals surface area contributed by atoms with E-state index in [0.717, 1.165) is 29.8 Å². The van der Waals surface area contributed by atoms with E-state index in [9.17, 15) is 0 Å². The van der Waals surface area contributed by atoms with Gasteiger partial charge in [0.2, 0.25) is 0 Å². The Morgan fingerprint density at radius 2 is 1.45 bits per heavy atom. The van der Waals surface area contributed by atoms with Crippen LogP contribution in [0.1, 0.15) is 63.0 Å². The highest BCUT2D eigenvalue weighted by Crippen LogP contribution is 2.39. The van der Waals surface area contributed by atoms with Gasteiger partial charge >= 0.3 is 0 Å². The highest BCUT2D eigenvalue weighted by molar-refractivity contribution is 5.31. The van der Waals surface area contributed by atoms with Crippen molar-refractivity contribution in [2.75, 3.05) is 0 Å². The standard InChI is InChI=1S/C19H29N/c1-13-8-14(2)10-17(9-13)20-18-11-16(12-18)19-7-5-4-6-15(19)3/h4-7,13-14,16-18,20H,8-12H2,1-3H3. The topological polar surface area (TPSA) is 12.0 Å². The first-order chi connectivity index (χ1) is 9.61. The number of hydrogen-bond donors (Lipinski definition) is 1. The van der Waals surface area contributed by atoms with Gasteiger partial charge in [0.25, 0.3) is 0 Å². The summed E-state index contributed by atoms with van der Waals surface area (Å²) in [7, 11) is 0. The third kappa shape index (κ3) is 3.09. The van der Waals surface area contributed by atoms with Crippen molar-refractivity contribution in [3.8, 4) is 0 Å². The van der Waals surface area contributed by atoms with Crippen LogP contribution < -0.4 is 5.32 Å². The molecule has 0 bridgehead atoms. The van der Waals surface area contributed by atoms with E-state index < -0.39 is 0 Å². The first-order valence-electron chi connectivity index (χ1n) is 8.43. The Bertz CT molecular complexity index is 437. The molecule has 1 aromatic carbocycles. The van der Waals surface area contributed by atoms with Crippen LogP contribution in [0.25, 0.3) is 0 Å². The minimum atomic E-state index is 0.766. The summed E-state index contributed by atoms with van der Waals surface area (Å²) in [6.45, 7) is 7.09. The zero-order valence-corrected chi connectivity index (χ0v) is 13.2. The van der Waals surface area contributed by atoms with Crippen molar-refractivity contribution in [3.63, 3.8) is 0 Å². The van der Waals surface area contributed by atoms with Gasteiger partial charge in [-0.3, -0.25) is 0 Å². The second-order valence-electron chi connectivity index (χ2n) is 7.50. The van der Waals surface area contributed by atoms with Crippen molar-refractivity contribution in [1.29, 1.82) is 0 Å². The maximum Gasteiger partial charge on any atom is 0.00813 e. The highest BCUT2D eigenvalue weighted by Gasteiger charge is 2.34. The Morgan fingerprint density at radius 3 is 2.10 bits per heavy atom. The van der Waals surface area contributed by atoms with Crippen LogP contribution in [0, 0.1) is 18.8 Å².